The summed E-state index contributed by atoms with van der Waals surface area (Å²) in [5, 5.41) is 0. The average molecular weight is 375 g/mol. The van der Waals surface area contributed by atoms with E-state index < -0.39 is 10.0 Å². The number of anilines is 1. The van der Waals surface area contributed by atoms with Gasteiger partial charge in [-0.1, -0.05) is 32.0 Å². The summed E-state index contributed by atoms with van der Waals surface area (Å²) in [5.74, 6) is 1.20. The van der Waals surface area contributed by atoms with Crippen molar-refractivity contribution in [1.29, 1.82) is 0 Å². The zero-order chi connectivity index (χ0) is 18.7. The van der Waals surface area contributed by atoms with Gasteiger partial charge in [0.05, 0.1) is 12.0 Å². The standard InChI is InChI=1S/C20H26N2O3S/c1-16(2)17-7-9-20(10-8-17)26(23,24)22-13-11-21(12-14-22)18-5-4-6-19(15-18)25-3/h4-10,15-16H,11-14H2,1-3H3. The van der Waals surface area contributed by atoms with Gasteiger partial charge in [0.1, 0.15) is 5.75 Å². The Morgan fingerprint density at radius 1 is 0.962 bits per heavy atom. The Labute approximate surface area is 156 Å². The van der Waals surface area contributed by atoms with Crippen LogP contribution < -0.4 is 9.64 Å². The molecule has 0 aromatic heterocycles. The zero-order valence-corrected chi connectivity index (χ0v) is 16.4. The highest BCUT2D eigenvalue weighted by Crippen LogP contribution is 2.25. The highest BCUT2D eigenvalue weighted by atomic mass is 32.2. The van der Waals surface area contributed by atoms with Crippen molar-refractivity contribution in [1.82, 2.24) is 4.31 Å². The quantitative estimate of drug-likeness (QED) is 0.805. The highest BCUT2D eigenvalue weighted by molar-refractivity contribution is 7.89. The van der Waals surface area contributed by atoms with Crippen LogP contribution in [0.4, 0.5) is 5.69 Å². The van der Waals surface area contributed by atoms with Gasteiger partial charge in [0.2, 0.25) is 10.0 Å². The number of methoxy groups -OCH3 is 1. The molecule has 3 rings (SSSR count). The molecule has 1 fully saturated rings. The van der Waals surface area contributed by atoms with Crippen LogP contribution in [0, 0.1) is 0 Å². The van der Waals surface area contributed by atoms with Gasteiger partial charge in [0, 0.05) is 37.9 Å². The van der Waals surface area contributed by atoms with E-state index in [2.05, 4.69) is 18.7 Å². The molecule has 26 heavy (non-hydrogen) atoms. The molecule has 0 unspecified atom stereocenters. The number of benzene rings is 2. The number of sulfonamides is 1. The highest BCUT2D eigenvalue weighted by Gasteiger charge is 2.28. The minimum atomic E-state index is -3.44. The summed E-state index contributed by atoms with van der Waals surface area (Å²) >= 11 is 0. The smallest absolute Gasteiger partial charge is 0.243 e. The van der Waals surface area contributed by atoms with Gasteiger partial charge < -0.3 is 9.64 Å². The van der Waals surface area contributed by atoms with Gasteiger partial charge >= 0.3 is 0 Å². The SMILES string of the molecule is COc1cccc(N2CCN(S(=O)(=O)c3ccc(C(C)C)cc3)CC2)c1. The lowest BCUT2D eigenvalue weighted by Gasteiger charge is -2.35. The zero-order valence-electron chi connectivity index (χ0n) is 15.6. The van der Waals surface area contributed by atoms with Crippen LogP contribution in [0.3, 0.4) is 0 Å². The molecule has 1 aliphatic heterocycles. The molecule has 0 amide bonds. The van der Waals surface area contributed by atoms with Crippen LogP contribution in [0.2, 0.25) is 0 Å². The molecule has 0 spiro atoms. The molecule has 0 saturated carbocycles. The van der Waals surface area contributed by atoms with Crippen LogP contribution in [0.15, 0.2) is 53.4 Å². The van der Waals surface area contributed by atoms with E-state index >= 15 is 0 Å². The van der Waals surface area contributed by atoms with Crippen molar-refractivity contribution in [3.8, 4) is 5.75 Å². The molecule has 5 nitrogen and oxygen atoms in total. The van der Waals surface area contributed by atoms with E-state index in [1.807, 2.05) is 36.4 Å². The van der Waals surface area contributed by atoms with Gasteiger partial charge in [-0.2, -0.15) is 4.31 Å². The molecule has 0 N–H and O–H groups in total. The Morgan fingerprint density at radius 3 is 2.19 bits per heavy atom. The summed E-state index contributed by atoms with van der Waals surface area (Å²) in [6.07, 6.45) is 0. The molecule has 1 saturated heterocycles. The minimum Gasteiger partial charge on any atom is -0.497 e. The number of rotatable bonds is 5. The van der Waals surface area contributed by atoms with Crippen LogP contribution in [-0.4, -0.2) is 46.0 Å². The summed E-state index contributed by atoms with van der Waals surface area (Å²) in [6.45, 7) is 6.48. The first kappa shape index (κ1) is 18.7. The normalized spacial score (nSPS) is 16.1. The molecule has 0 aliphatic carbocycles. The van der Waals surface area contributed by atoms with Gasteiger partial charge in [0.15, 0.2) is 0 Å². The summed E-state index contributed by atoms with van der Waals surface area (Å²) < 4.78 is 32.6. The van der Waals surface area contributed by atoms with Crippen molar-refractivity contribution in [2.75, 3.05) is 38.2 Å². The van der Waals surface area contributed by atoms with Gasteiger partial charge in [-0.3, -0.25) is 0 Å². The van der Waals surface area contributed by atoms with Gasteiger partial charge in [-0.25, -0.2) is 8.42 Å². The lowest BCUT2D eigenvalue weighted by molar-refractivity contribution is 0.384. The van der Waals surface area contributed by atoms with Crippen molar-refractivity contribution >= 4 is 15.7 Å². The fourth-order valence-electron chi connectivity index (χ4n) is 3.17. The van der Waals surface area contributed by atoms with Crippen LogP contribution in [0.1, 0.15) is 25.3 Å². The number of ether oxygens (including phenoxy) is 1. The number of nitrogens with zero attached hydrogens (tertiary/aromatic N) is 2. The number of piperazine rings is 1. The summed E-state index contributed by atoms with van der Waals surface area (Å²) in [5.41, 5.74) is 2.20. The molecule has 0 atom stereocenters. The minimum absolute atomic E-state index is 0.372. The largest absolute Gasteiger partial charge is 0.497 e. The maximum Gasteiger partial charge on any atom is 0.243 e. The fraction of sp³-hybridized carbons (Fsp3) is 0.400. The van der Waals surface area contributed by atoms with Crippen molar-refractivity contribution in [2.45, 2.75) is 24.7 Å². The molecule has 0 bridgehead atoms. The lowest BCUT2D eigenvalue weighted by atomic mass is 10.0. The summed E-state index contributed by atoms with van der Waals surface area (Å²) in [7, 11) is -1.79. The van der Waals surface area contributed by atoms with E-state index in [0.717, 1.165) is 17.0 Å². The second kappa shape index (κ2) is 7.68. The van der Waals surface area contributed by atoms with E-state index in [0.29, 0.717) is 37.0 Å². The molecule has 1 heterocycles. The second-order valence-corrected chi connectivity index (χ2v) is 8.75. The van der Waals surface area contributed by atoms with Crippen LogP contribution >= 0.6 is 0 Å². The third-order valence-electron chi connectivity index (χ3n) is 4.84. The maximum absolute atomic E-state index is 12.9. The van der Waals surface area contributed by atoms with E-state index in [-0.39, 0.29) is 0 Å². The summed E-state index contributed by atoms with van der Waals surface area (Å²) in [6, 6.07) is 15.1. The Bertz CT molecular complexity index is 840. The number of hydrogen-bond donors (Lipinski definition) is 0. The summed E-state index contributed by atoms with van der Waals surface area (Å²) in [4.78, 5) is 2.56. The molecule has 140 valence electrons. The molecule has 6 heteroatoms. The van der Waals surface area contributed by atoms with Crippen molar-refractivity contribution in [2.24, 2.45) is 0 Å². The van der Waals surface area contributed by atoms with Gasteiger partial charge in [-0.05, 0) is 35.7 Å². The van der Waals surface area contributed by atoms with E-state index in [9.17, 15) is 8.42 Å². The van der Waals surface area contributed by atoms with Gasteiger partial charge in [0.25, 0.3) is 0 Å². The Kier molecular flexibility index (Phi) is 5.53. The van der Waals surface area contributed by atoms with E-state index in [1.165, 1.54) is 0 Å². The van der Waals surface area contributed by atoms with E-state index in [4.69, 9.17) is 4.74 Å². The molecular weight excluding hydrogens is 348 g/mol. The first-order chi connectivity index (χ1) is 12.4. The Morgan fingerprint density at radius 2 is 1.62 bits per heavy atom. The van der Waals surface area contributed by atoms with Gasteiger partial charge in [-0.15, -0.1) is 0 Å². The monoisotopic (exact) mass is 374 g/mol. The fourth-order valence-corrected chi connectivity index (χ4v) is 4.59. The van der Waals surface area contributed by atoms with Crippen molar-refractivity contribution in [3.63, 3.8) is 0 Å². The Balaban J connectivity index is 1.70. The first-order valence-corrected chi connectivity index (χ1v) is 10.3. The predicted molar refractivity (Wildman–Crippen MR) is 104 cm³/mol. The molecule has 1 aliphatic rings. The Hall–Kier alpha value is -2.05. The van der Waals surface area contributed by atoms with E-state index in [1.54, 1.807) is 23.5 Å². The maximum atomic E-state index is 12.9. The van der Waals surface area contributed by atoms with Crippen LogP contribution in [-0.2, 0) is 10.0 Å². The molecule has 0 radical (unpaired) electrons. The molecule has 2 aromatic carbocycles. The van der Waals surface area contributed by atoms with Crippen molar-refractivity contribution < 1.29 is 13.2 Å². The second-order valence-electron chi connectivity index (χ2n) is 6.82. The number of hydrogen-bond acceptors (Lipinski definition) is 4. The third-order valence-corrected chi connectivity index (χ3v) is 6.75. The van der Waals surface area contributed by atoms with Crippen LogP contribution in [0.5, 0.6) is 5.75 Å². The topological polar surface area (TPSA) is 49.9 Å². The predicted octanol–water partition coefficient (Wildman–Crippen LogP) is 3.33. The lowest BCUT2D eigenvalue weighted by Crippen LogP contribution is -2.48. The molecular formula is C20H26N2O3S. The van der Waals surface area contributed by atoms with Crippen molar-refractivity contribution in [3.05, 3.63) is 54.1 Å². The molecule has 2 aromatic rings. The van der Waals surface area contributed by atoms with Crippen LogP contribution in [0.25, 0.3) is 0 Å². The first-order valence-electron chi connectivity index (χ1n) is 8.91. The average Bonchev–Trinajstić information content (AvgIpc) is 2.68. The third kappa shape index (κ3) is 3.86.